The van der Waals surface area contributed by atoms with E-state index in [1.54, 1.807) is 19.1 Å². The predicted octanol–water partition coefficient (Wildman–Crippen LogP) is 2.99. The van der Waals surface area contributed by atoms with Crippen LogP contribution in [0.1, 0.15) is 11.1 Å². The maximum atomic E-state index is 12.1. The molecule has 0 heterocycles. The molecule has 138 valence electrons. The number of carbonyl (C=O) groups is 1. The number of methoxy groups -OCH3 is 1. The Labute approximate surface area is 160 Å². The molecule has 0 aliphatic heterocycles. The van der Waals surface area contributed by atoms with E-state index < -0.39 is 0 Å². The summed E-state index contributed by atoms with van der Waals surface area (Å²) in [6.07, 6.45) is 0.841. The van der Waals surface area contributed by atoms with Crippen LogP contribution in [-0.4, -0.2) is 43.2 Å². The number of carbonyl (C=O) groups excluding carboxylic acids is 1. The van der Waals surface area contributed by atoms with Crippen LogP contribution in [0.25, 0.3) is 0 Å². The lowest BCUT2D eigenvalue weighted by atomic mass is 10.1. The van der Waals surface area contributed by atoms with Crippen molar-refractivity contribution < 1.29 is 9.53 Å². The summed E-state index contributed by atoms with van der Waals surface area (Å²) in [5, 5.41) is 6.60. The molecule has 0 aromatic heterocycles. The van der Waals surface area contributed by atoms with Crippen LogP contribution in [0, 0.1) is 6.92 Å². The highest BCUT2D eigenvalue weighted by Gasteiger charge is 2.10. The molecule has 2 aromatic carbocycles. The molecule has 0 saturated carbocycles. The van der Waals surface area contributed by atoms with E-state index in [0.29, 0.717) is 11.7 Å². The topological polar surface area (TPSA) is 53.6 Å². The van der Waals surface area contributed by atoms with Gasteiger partial charge in [-0.2, -0.15) is 0 Å². The van der Waals surface area contributed by atoms with Gasteiger partial charge in [-0.15, -0.1) is 0 Å². The average Bonchev–Trinajstić information content (AvgIpc) is 2.64. The summed E-state index contributed by atoms with van der Waals surface area (Å²) in [4.78, 5) is 13.8. The molecule has 0 atom stereocenters. The van der Waals surface area contributed by atoms with Gasteiger partial charge in [0.1, 0.15) is 5.75 Å². The van der Waals surface area contributed by atoms with Crippen LogP contribution in [0.4, 0.5) is 5.69 Å². The van der Waals surface area contributed by atoms with Gasteiger partial charge >= 0.3 is 0 Å². The summed E-state index contributed by atoms with van der Waals surface area (Å²) in [6.45, 7) is 2.91. The fraction of sp³-hybridized carbons (Fsp3) is 0.300. The molecule has 0 saturated heterocycles. The van der Waals surface area contributed by atoms with Gasteiger partial charge in [-0.1, -0.05) is 29.8 Å². The van der Waals surface area contributed by atoms with Crippen LogP contribution in [0.2, 0.25) is 0 Å². The van der Waals surface area contributed by atoms with Gasteiger partial charge < -0.3 is 20.3 Å². The normalized spacial score (nSPS) is 10.1. The van der Waals surface area contributed by atoms with Crippen molar-refractivity contribution in [3.63, 3.8) is 0 Å². The number of benzene rings is 2. The maximum absolute atomic E-state index is 12.1. The standard InChI is InChI=1S/C20H25N3O2S/c1-15-4-8-17(9-5-15)22-19(24)14-23(2)20(26)21-13-12-16-6-10-18(25-3)11-7-16/h4-11H,12-14H2,1-3H3,(H,21,26)(H,22,24). The van der Waals surface area contributed by atoms with Gasteiger partial charge in [0.05, 0.1) is 13.7 Å². The van der Waals surface area contributed by atoms with E-state index in [1.165, 1.54) is 5.56 Å². The number of hydrogen-bond donors (Lipinski definition) is 2. The lowest BCUT2D eigenvalue weighted by Gasteiger charge is -2.20. The molecule has 0 aliphatic rings. The molecular weight excluding hydrogens is 346 g/mol. The summed E-state index contributed by atoms with van der Waals surface area (Å²) in [5.74, 6) is 0.743. The van der Waals surface area contributed by atoms with Crippen molar-refractivity contribution >= 4 is 28.9 Å². The summed E-state index contributed by atoms with van der Waals surface area (Å²) < 4.78 is 5.15. The zero-order valence-electron chi connectivity index (χ0n) is 15.4. The molecule has 5 nitrogen and oxygen atoms in total. The summed E-state index contributed by atoms with van der Waals surface area (Å²) in [7, 11) is 3.46. The van der Waals surface area contributed by atoms with Crippen molar-refractivity contribution in [3.05, 3.63) is 59.7 Å². The van der Waals surface area contributed by atoms with Gasteiger partial charge in [-0.05, 0) is 55.4 Å². The number of hydrogen-bond acceptors (Lipinski definition) is 3. The molecule has 0 spiro atoms. The minimum Gasteiger partial charge on any atom is -0.497 e. The quantitative estimate of drug-likeness (QED) is 0.733. The zero-order chi connectivity index (χ0) is 18.9. The SMILES string of the molecule is COc1ccc(CCNC(=S)N(C)CC(=O)Nc2ccc(C)cc2)cc1. The Bertz CT molecular complexity index is 730. The smallest absolute Gasteiger partial charge is 0.243 e. The van der Waals surface area contributed by atoms with Crippen LogP contribution in [-0.2, 0) is 11.2 Å². The van der Waals surface area contributed by atoms with E-state index in [2.05, 4.69) is 10.6 Å². The molecule has 6 heteroatoms. The second-order valence-electron chi connectivity index (χ2n) is 6.10. The van der Waals surface area contributed by atoms with Crippen LogP contribution < -0.4 is 15.4 Å². The van der Waals surface area contributed by atoms with E-state index in [9.17, 15) is 4.79 Å². The van der Waals surface area contributed by atoms with Gasteiger partial charge in [0.25, 0.3) is 0 Å². The van der Waals surface area contributed by atoms with E-state index >= 15 is 0 Å². The Hall–Kier alpha value is -2.60. The molecule has 2 N–H and O–H groups in total. The largest absolute Gasteiger partial charge is 0.497 e. The van der Waals surface area contributed by atoms with Gasteiger partial charge in [0.2, 0.25) is 5.91 Å². The van der Waals surface area contributed by atoms with Gasteiger partial charge in [-0.3, -0.25) is 4.79 Å². The lowest BCUT2D eigenvalue weighted by molar-refractivity contribution is -0.116. The summed E-state index contributed by atoms with van der Waals surface area (Å²) in [5.41, 5.74) is 3.13. The molecule has 2 aromatic rings. The third kappa shape index (κ3) is 6.37. The van der Waals surface area contributed by atoms with Gasteiger partial charge in [0.15, 0.2) is 5.11 Å². The van der Waals surface area contributed by atoms with Crippen LogP contribution in [0.15, 0.2) is 48.5 Å². The average molecular weight is 372 g/mol. The van der Waals surface area contributed by atoms with E-state index in [4.69, 9.17) is 17.0 Å². The third-order valence-electron chi connectivity index (χ3n) is 3.91. The van der Waals surface area contributed by atoms with Crippen molar-refractivity contribution in [1.29, 1.82) is 0 Å². The van der Waals surface area contributed by atoms with Crippen molar-refractivity contribution in [2.75, 3.05) is 32.6 Å². The number of nitrogens with one attached hydrogen (secondary N) is 2. The summed E-state index contributed by atoms with van der Waals surface area (Å²) in [6, 6.07) is 15.6. The van der Waals surface area contributed by atoms with E-state index in [0.717, 1.165) is 23.4 Å². The number of amides is 1. The highest BCUT2D eigenvalue weighted by Crippen LogP contribution is 2.11. The number of rotatable bonds is 7. The van der Waals surface area contributed by atoms with Crippen LogP contribution in [0.3, 0.4) is 0 Å². The molecule has 1 amide bonds. The van der Waals surface area contributed by atoms with E-state index in [1.807, 2.05) is 55.5 Å². The van der Waals surface area contributed by atoms with Crippen molar-refractivity contribution in [3.8, 4) is 5.75 Å². The number of likely N-dealkylation sites (N-methyl/N-ethyl adjacent to an activating group) is 1. The highest BCUT2D eigenvalue weighted by atomic mass is 32.1. The Morgan fingerprint density at radius 2 is 1.77 bits per heavy atom. The molecule has 0 aliphatic carbocycles. The first-order valence-electron chi connectivity index (χ1n) is 8.46. The summed E-state index contributed by atoms with van der Waals surface area (Å²) >= 11 is 5.35. The first kappa shape index (κ1) is 19.7. The number of ether oxygens (including phenoxy) is 1. The minimum absolute atomic E-state index is 0.101. The Balaban J connectivity index is 1.72. The fourth-order valence-electron chi connectivity index (χ4n) is 2.37. The Morgan fingerprint density at radius 1 is 1.12 bits per heavy atom. The molecule has 0 radical (unpaired) electrons. The van der Waals surface area contributed by atoms with E-state index in [-0.39, 0.29) is 12.5 Å². The van der Waals surface area contributed by atoms with Crippen molar-refractivity contribution in [2.24, 2.45) is 0 Å². The molecule has 2 rings (SSSR count). The number of nitrogens with zero attached hydrogens (tertiary/aromatic N) is 1. The highest BCUT2D eigenvalue weighted by molar-refractivity contribution is 7.80. The monoisotopic (exact) mass is 371 g/mol. The maximum Gasteiger partial charge on any atom is 0.243 e. The number of thiocarbonyl (C=S) groups is 1. The predicted molar refractivity (Wildman–Crippen MR) is 110 cm³/mol. The Morgan fingerprint density at radius 3 is 2.38 bits per heavy atom. The number of aryl methyl sites for hydroxylation is 1. The van der Waals surface area contributed by atoms with Crippen LogP contribution in [0.5, 0.6) is 5.75 Å². The lowest BCUT2D eigenvalue weighted by Crippen LogP contribution is -2.42. The molecule has 26 heavy (non-hydrogen) atoms. The van der Waals surface area contributed by atoms with Gasteiger partial charge in [-0.25, -0.2) is 0 Å². The fourth-order valence-corrected chi connectivity index (χ4v) is 2.53. The molecule has 0 fully saturated rings. The zero-order valence-corrected chi connectivity index (χ0v) is 16.2. The second-order valence-corrected chi connectivity index (χ2v) is 6.49. The Kier molecular flexibility index (Phi) is 7.41. The number of anilines is 1. The second kappa shape index (κ2) is 9.77. The van der Waals surface area contributed by atoms with Gasteiger partial charge in [0, 0.05) is 19.3 Å². The van der Waals surface area contributed by atoms with Crippen molar-refractivity contribution in [2.45, 2.75) is 13.3 Å². The van der Waals surface area contributed by atoms with Crippen molar-refractivity contribution in [1.82, 2.24) is 10.2 Å². The first-order valence-corrected chi connectivity index (χ1v) is 8.87. The molecule has 0 unspecified atom stereocenters. The molecular formula is C20H25N3O2S. The first-order chi connectivity index (χ1) is 12.5. The minimum atomic E-state index is -0.101. The molecule has 0 bridgehead atoms. The van der Waals surface area contributed by atoms with Crippen LogP contribution >= 0.6 is 12.2 Å². The third-order valence-corrected chi connectivity index (χ3v) is 4.37.